The van der Waals surface area contributed by atoms with Crippen molar-refractivity contribution < 1.29 is 23.8 Å². The second-order valence-corrected chi connectivity index (χ2v) is 5.91. The second-order valence-electron chi connectivity index (χ2n) is 5.91. The normalized spacial score (nSPS) is 20.1. The third-order valence-electron chi connectivity index (χ3n) is 4.07. The van der Waals surface area contributed by atoms with E-state index in [1.54, 1.807) is 25.1 Å². The maximum Gasteiger partial charge on any atom is 0.310 e. The van der Waals surface area contributed by atoms with Gasteiger partial charge < -0.3 is 19.5 Å². The fraction of sp³-hybridized carbons (Fsp3) is 0.444. The van der Waals surface area contributed by atoms with Crippen LogP contribution in [-0.4, -0.2) is 31.2 Å². The number of anilines is 1. The molecule has 0 aromatic heterocycles. The van der Waals surface area contributed by atoms with E-state index in [-0.39, 0.29) is 17.8 Å². The standard InChI is InChI=1S/C18H21NO5/c1-12(24-18(21)13-5-3-2-4-6-13)17(20)19-14-7-8-15-16(11-14)23-10-9-22-15/h2-3,7-8,11-13H,4-6,9-10H2,1H3,(H,19,20)/t12-,13-/m0/s1. The predicted octanol–water partition coefficient (Wildman–Crippen LogP) is 2.68. The first-order chi connectivity index (χ1) is 11.6. The van der Waals surface area contributed by atoms with Crippen LogP contribution in [0.2, 0.25) is 0 Å². The summed E-state index contributed by atoms with van der Waals surface area (Å²) in [5.41, 5.74) is 0.577. The van der Waals surface area contributed by atoms with Crippen LogP contribution in [0.1, 0.15) is 26.2 Å². The highest BCUT2D eigenvalue weighted by Crippen LogP contribution is 2.32. The lowest BCUT2D eigenvalue weighted by Gasteiger charge is -2.21. The van der Waals surface area contributed by atoms with Gasteiger partial charge in [0.1, 0.15) is 13.2 Å². The van der Waals surface area contributed by atoms with E-state index in [1.165, 1.54) is 0 Å². The van der Waals surface area contributed by atoms with E-state index in [0.29, 0.717) is 36.8 Å². The van der Waals surface area contributed by atoms with Gasteiger partial charge in [-0.3, -0.25) is 9.59 Å². The van der Waals surface area contributed by atoms with Crippen molar-refractivity contribution in [1.82, 2.24) is 0 Å². The first-order valence-corrected chi connectivity index (χ1v) is 8.19. The number of esters is 1. The Morgan fingerprint density at radius 1 is 1.21 bits per heavy atom. The van der Waals surface area contributed by atoms with Crippen LogP contribution >= 0.6 is 0 Å². The molecule has 1 N–H and O–H groups in total. The molecule has 2 aliphatic rings. The maximum absolute atomic E-state index is 12.2. The average molecular weight is 331 g/mol. The van der Waals surface area contributed by atoms with Crippen molar-refractivity contribution >= 4 is 17.6 Å². The molecule has 1 aromatic carbocycles. The molecule has 24 heavy (non-hydrogen) atoms. The fourth-order valence-electron chi connectivity index (χ4n) is 2.70. The number of fused-ring (bicyclic) bond motifs is 1. The third kappa shape index (κ3) is 3.88. The maximum atomic E-state index is 12.2. The number of hydrogen-bond acceptors (Lipinski definition) is 5. The molecule has 6 nitrogen and oxygen atoms in total. The zero-order valence-corrected chi connectivity index (χ0v) is 13.6. The van der Waals surface area contributed by atoms with Gasteiger partial charge in [0.2, 0.25) is 0 Å². The van der Waals surface area contributed by atoms with Gasteiger partial charge in [-0.25, -0.2) is 0 Å². The summed E-state index contributed by atoms with van der Waals surface area (Å²) in [5.74, 6) is 0.414. The molecule has 3 rings (SSSR count). The summed E-state index contributed by atoms with van der Waals surface area (Å²) < 4.78 is 16.2. The first-order valence-electron chi connectivity index (χ1n) is 8.19. The zero-order valence-electron chi connectivity index (χ0n) is 13.6. The van der Waals surface area contributed by atoms with Gasteiger partial charge in [-0.05, 0) is 38.3 Å². The van der Waals surface area contributed by atoms with E-state index in [4.69, 9.17) is 14.2 Å². The Hall–Kier alpha value is -2.50. The van der Waals surface area contributed by atoms with Crippen LogP contribution in [0.5, 0.6) is 11.5 Å². The highest BCUT2D eigenvalue weighted by molar-refractivity contribution is 5.95. The Morgan fingerprint density at radius 3 is 2.75 bits per heavy atom. The number of benzene rings is 1. The molecule has 1 amide bonds. The lowest BCUT2D eigenvalue weighted by Crippen LogP contribution is -2.32. The van der Waals surface area contributed by atoms with Gasteiger partial charge in [0.05, 0.1) is 5.92 Å². The van der Waals surface area contributed by atoms with Gasteiger partial charge in [0.15, 0.2) is 17.6 Å². The largest absolute Gasteiger partial charge is 0.486 e. The Labute approximate surface area is 140 Å². The number of hydrogen-bond donors (Lipinski definition) is 1. The highest BCUT2D eigenvalue weighted by Gasteiger charge is 2.25. The zero-order chi connectivity index (χ0) is 16.9. The third-order valence-corrected chi connectivity index (χ3v) is 4.07. The van der Waals surface area contributed by atoms with Crippen molar-refractivity contribution in [2.45, 2.75) is 32.3 Å². The van der Waals surface area contributed by atoms with Gasteiger partial charge in [-0.15, -0.1) is 0 Å². The van der Waals surface area contributed by atoms with Gasteiger partial charge in [0, 0.05) is 11.8 Å². The second kappa shape index (κ2) is 7.38. The summed E-state index contributed by atoms with van der Waals surface area (Å²) in [4.78, 5) is 24.3. The average Bonchev–Trinajstić information content (AvgIpc) is 2.62. The van der Waals surface area contributed by atoms with E-state index >= 15 is 0 Å². The number of nitrogens with one attached hydrogen (secondary N) is 1. The number of rotatable bonds is 4. The lowest BCUT2D eigenvalue weighted by atomic mass is 9.95. The number of carbonyl (C=O) groups is 2. The smallest absolute Gasteiger partial charge is 0.310 e. The van der Waals surface area contributed by atoms with Crippen LogP contribution < -0.4 is 14.8 Å². The molecule has 1 aliphatic heterocycles. The fourth-order valence-corrected chi connectivity index (χ4v) is 2.70. The number of ether oxygens (including phenoxy) is 3. The van der Waals surface area contributed by atoms with Crippen LogP contribution in [-0.2, 0) is 14.3 Å². The van der Waals surface area contributed by atoms with Crippen LogP contribution in [0.25, 0.3) is 0 Å². The van der Waals surface area contributed by atoms with E-state index in [1.807, 2.05) is 6.08 Å². The van der Waals surface area contributed by atoms with Crippen molar-refractivity contribution in [3.8, 4) is 11.5 Å². The molecule has 0 radical (unpaired) electrons. The topological polar surface area (TPSA) is 73.9 Å². The summed E-state index contributed by atoms with van der Waals surface area (Å²) in [5, 5.41) is 2.73. The van der Waals surface area contributed by atoms with Gasteiger partial charge in [0.25, 0.3) is 5.91 Å². The minimum atomic E-state index is -0.850. The molecule has 0 fully saturated rings. The lowest BCUT2D eigenvalue weighted by molar-refractivity contribution is -0.157. The van der Waals surface area contributed by atoms with E-state index in [0.717, 1.165) is 12.8 Å². The van der Waals surface area contributed by atoms with E-state index in [9.17, 15) is 9.59 Å². The SMILES string of the molecule is C[C@H](OC(=O)[C@H]1CC=CCC1)C(=O)Nc1ccc2c(c1)OCCO2. The molecule has 0 saturated carbocycles. The highest BCUT2D eigenvalue weighted by atomic mass is 16.6. The van der Waals surface area contributed by atoms with Crippen molar-refractivity contribution in [2.24, 2.45) is 5.92 Å². The first kappa shape index (κ1) is 16.4. The van der Waals surface area contributed by atoms with Crippen LogP contribution in [0.3, 0.4) is 0 Å². The quantitative estimate of drug-likeness (QED) is 0.678. The van der Waals surface area contributed by atoms with E-state index < -0.39 is 6.10 Å². The molecule has 0 spiro atoms. The predicted molar refractivity (Wildman–Crippen MR) is 88.1 cm³/mol. The Bertz CT molecular complexity index is 655. The number of allylic oxidation sites excluding steroid dienone is 2. The van der Waals surface area contributed by atoms with Crippen LogP contribution in [0, 0.1) is 5.92 Å². The molecular formula is C18H21NO5. The van der Waals surface area contributed by atoms with Gasteiger partial charge in [-0.2, -0.15) is 0 Å². The molecule has 0 bridgehead atoms. The van der Waals surface area contributed by atoms with Crippen LogP contribution in [0.4, 0.5) is 5.69 Å². The minimum absolute atomic E-state index is 0.153. The Balaban J connectivity index is 1.56. The Kier molecular flexibility index (Phi) is 5.03. The number of amides is 1. The molecule has 1 aromatic rings. The summed E-state index contributed by atoms with van der Waals surface area (Å²) in [7, 11) is 0. The molecular weight excluding hydrogens is 310 g/mol. The molecule has 1 aliphatic carbocycles. The molecule has 0 unspecified atom stereocenters. The van der Waals surface area contributed by atoms with Crippen molar-refractivity contribution in [3.63, 3.8) is 0 Å². The van der Waals surface area contributed by atoms with Crippen molar-refractivity contribution in [3.05, 3.63) is 30.4 Å². The van der Waals surface area contributed by atoms with Gasteiger partial charge in [-0.1, -0.05) is 12.2 Å². The van der Waals surface area contributed by atoms with E-state index in [2.05, 4.69) is 11.4 Å². The molecule has 2 atom stereocenters. The van der Waals surface area contributed by atoms with Crippen molar-refractivity contribution in [1.29, 1.82) is 0 Å². The Morgan fingerprint density at radius 2 is 2.00 bits per heavy atom. The molecule has 0 saturated heterocycles. The van der Waals surface area contributed by atoms with Gasteiger partial charge >= 0.3 is 5.97 Å². The minimum Gasteiger partial charge on any atom is -0.486 e. The molecule has 6 heteroatoms. The summed E-state index contributed by atoms with van der Waals surface area (Å²) in [6.07, 6.45) is 5.51. The monoisotopic (exact) mass is 331 g/mol. The number of carbonyl (C=O) groups excluding carboxylic acids is 2. The summed E-state index contributed by atoms with van der Waals surface area (Å²) in [6.45, 7) is 2.57. The molecule has 128 valence electrons. The summed E-state index contributed by atoms with van der Waals surface area (Å²) >= 11 is 0. The van der Waals surface area contributed by atoms with Crippen LogP contribution in [0.15, 0.2) is 30.4 Å². The summed E-state index contributed by atoms with van der Waals surface area (Å²) in [6, 6.07) is 5.17. The van der Waals surface area contributed by atoms with Crippen molar-refractivity contribution in [2.75, 3.05) is 18.5 Å². The molecule has 1 heterocycles.